The molecule has 1 aliphatic rings. The van der Waals surface area contributed by atoms with E-state index in [-0.39, 0.29) is 6.04 Å². The summed E-state index contributed by atoms with van der Waals surface area (Å²) in [7, 11) is 4.14. The lowest BCUT2D eigenvalue weighted by Gasteiger charge is -2.39. The highest BCUT2D eigenvalue weighted by Gasteiger charge is 2.30. The van der Waals surface area contributed by atoms with Crippen molar-refractivity contribution in [2.45, 2.75) is 25.6 Å². The number of hydrogen-bond donors (Lipinski definition) is 0. The van der Waals surface area contributed by atoms with Crippen molar-refractivity contribution in [3.63, 3.8) is 0 Å². The van der Waals surface area contributed by atoms with E-state index < -0.39 is 0 Å². The molecule has 1 fully saturated rings. The standard InChI is InChI=1S/C29H35N7/c1-33(2)27-15-13-26(14-16-27)28(29-30-31-32-36(29)18-17-24-9-5-3-6-10-24)35-21-19-34(20-22-35)23-25-11-7-4-8-12-25/h3-16,28H,17-23H2,1-2H3/t28-/m0/s1. The normalized spacial score (nSPS) is 15.6. The van der Waals surface area contributed by atoms with Gasteiger partial charge in [0.2, 0.25) is 0 Å². The maximum absolute atomic E-state index is 4.56. The van der Waals surface area contributed by atoms with Crippen molar-refractivity contribution < 1.29 is 0 Å². The highest BCUT2D eigenvalue weighted by Crippen LogP contribution is 2.30. The number of benzene rings is 3. The Kier molecular flexibility index (Phi) is 7.69. The van der Waals surface area contributed by atoms with Gasteiger partial charge in [-0.25, -0.2) is 4.68 Å². The molecule has 4 aromatic rings. The quantitative estimate of drug-likeness (QED) is 0.362. The average Bonchev–Trinajstić information content (AvgIpc) is 3.38. The Morgan fingerprint density at radius 2 is 1.42 bits per heavy atom. The van der Waals surface area contributed by atoms with Crippen LogP contribution in [0.4, 0.5) is 5.69 Å². The first kappa shape index (κ1) is 24.2. The van der Waals surface area contributed by atoms with Crippen LogP contribution in [0.3, 0.4) is 0 Å². The summed E-state index contributed by atoms with van der Waals surface area (Å²) in [6.45, 7) is 5.73. The largest absolute Gasteiger partial charge is 0.378 e. The second-order valence-corrected chi connectivity index (χ2v) is 9.68. The fraction of sp³-hybridized carbons (Fsp3) is 0.345. The zero-order chi connectivity index (χ0) is 24.7. The zero-order valence-electron chi connectivity index (χ0n) is 21.2. The molecule has 0 radical (unpaired) electrons. The molecule has 36 heavy (non-hydrogen) atoms. The Morgan fingerprint density at radius 3 is 2.06 bits per heavy atom. The van der Waals surface area contributed by atoms with E-state index in [9.17, 15) is 0 Å². The zero-order valence-corrected chi connectivity index (χ0v) is 21.2. The predicted octanol–water partition coefficient (Wildman–Crippen LogP) is 3.89. The van der Waals surface area contributed by atoms with Gasteiger partial charge in [0, 0.05) is 59.1 Å². The van der Waals surface area contributed by atoms with Gasteiger partial charge in [0.05, 0.1) is 6.04 Å². The van der Waals surface area contributed by atoms with E-state index in [4.69, 9.17) is 0 Å². The van der Waals surface area contributed by atoms with Crippen molar-refractivity contribution in [3.8, 4) is 0 Å². The van der Waals surface area contributed by atoms with Crippen LogP contribution in [-0.2, 0) is 19.5 Å². The molecule has 1 atom stereocenters. The fourth-order valence-corrected chi connectivity index (χ4v) is 4.95. The summed E-state index contributed by atoms with van der Waals surface area (Å²) in [6, 6.07) is 30.1. The topological polar surface area (TPSA) is 53.3 Å². The first-order chi connectivity index (χ1) is 17.7. The van der Waals surface area contributed by atoms with Gasteiger partial charge in [0.1, 0.15) is 0 Å². The highest BCUT2D eigenvalue weighted by molar-refractivity contribution is 5.47. The molecule has 1 aromatic heterocycles. The summed E-state index contributed by atoms with van der Waals surface area (Å²) in [6.07, 6.45) is 0.899. The minimum absolute atomic E-state index is 0.0193. The molecule has 0 saturated carbocycles. The van der Waals surface area contributed by atoms with Crippen LogP contribution in [0.2, 0.25) is 0 Å². The SMILES string of the molecule is CN(C)c1ccc([C@@H](c2nnnn2CCc2ccccc2)N2CCN(Cc3ccccc3)CC2)cc1. The predicted molar refractivity (Wildman–Crippen MR) is 144 cm³/mol. The van der Waals surface area contributed by atoms with Gasteiger partial charge < -0.3 is 4.90 Å². The summed E-state index contributed by atoms with van der Waals surface area (Å²) in [5.41, 5.74) is 5.08. The van der Waals surface area contributed by atoms with Crippen molar-refractivity contribution in [2.75, 3.05) is 45.2 Å². The number of hydrogen-bond acceptors (Lipinski definition) is 6. The lowest BCUT2D eigenvalue weighted by molar-refractivity contribution is 0.100. The van der Waals surface area contributed by atoms with Gasteiger partial charge >= 0.3 is 0 Å². The van der Waals surface area contributed by atoms with E-state index in [1.54, 1.807) is 0 Å². The van der Waals surface area contributed by atoms with Gasteiger partial charge in [0.25, 0.3) is 0 Å². The second-order valence-electron chi connectivity index (χ2n) is 9.68. The van der Waals surface area contributed by atoms with Crippen molar-refractivity contribution >= 4 is 5.69 Å². The maximum atomic E-state index is 4.56. The molecule has 1 aliphatic heterocycles. The van der Waals surface area contributed by atoms with E-state index in [0.29, 0.717) is 0 Å². The average molecular weight is 482 g/mol. The molecule has 0 aliphatic carbocycles. The molecular formula is C29H35N7. The number of aryl methyl sites for hydroxylation is 2. The van der Waals surface area contributed by atoms with E-state index in [1.165, 1.54) is 22.4 Å². The van der Waals surface area contributed by atoms with Gasteiger partial charge in [-0.1, -0.05) is 72.8 Å². The van der Waals surface area contributed by atoms with Gasteiger partial charge in [-0.3, -0.25) is 9.80 Å². The Balaban J connectivity index is 1.36. The number of tetrazole rings is 1. The number of aromatic nitrogens is 4. The van der Waals surface area contributed by atoms with Crippen molar-refractivity contribution in [2.24, 2.45) is 0 Å². The van der Waals surface area contributed by atoms with E-state index >= 15 is 0 Å². The molecule has 0 N–H and O–H groups in total. The maximum Gasteiger partial charge on any atom is 0.173 e. The van der Waals surface area contributed by atoms with Crippen LogP contribution < -0.4 is 4.90 Å². The lowest BCUT2D eigenvalue weighted by Crippen LogP contribution is -2.48. The number of anilines is 1. The molecule has 186 valence electrons. The molecule has 2 heterocycles. The van der Waals surface area contributed by atoms with Crippen molar-refractivity contribution in [3.05, 3.63) is 107 Å². The van der Waals surface area contributed by atoms with Crippen molar-refractivity contribution in [1.29, 1.82) is 0 Å². The highest BCUT2D eigenvalue weighted by atomic mass is 15.6. The van der Waals surface area contributed by atoms with Gasteiger partial charge in [-0.15, -0.1) is 5.10 Å². The fourth-order valence-electron chi connectivity index (χ4n) is 4.95. The van der Waals surface area contributed by atoms with Crippen LogP contribution in [0.5, 0.6) is 0 Å². The monoisotopic (exact) mass is 481 g/mol. The van der Waals surface area contributed by atoms with Crippen LogP contribution in [0.25, 0.3) is 0 Å². The summed E-state index contributed by atoms with van der Waals surface area (Å²) in [4.78, 5) is 7.21. The molecule has 5 rings (SSSR count). The minimum atomic E-state index is 0.0193. The molecule has 1 saturated heterocycles. The van der Waals surface area contributed by atoms with Crippen LogP contribution in [0.15, 0.2) is 84.9 Å². The Labute approximate surface area is 214 Å². The molecule has 3 aromatic carbocycles. The molecule has 0 bridgehead atoms. The molecular weight excluding hydrogens is 446 g/mol. The Bertz CT molecular complexity index is 1200. The smallest absolute Gasteiger partial charge is 0.173 e. The molecule has 0 unspecified atom stereocenters. The Hall–Kier alpha value is -3.55. The van der Waals surface area contributed by atoms with Crippen LogP contribution in [0, 0.1) is 0 Å². The van der Waals surface area contributed by atoms with Gasteiger partial charge in [-0.2, -0.15) is 0 Å². The van der Waals surface area contributed by atoms with Gasteiger partial charge in [-0.05, 0) is 45.7 Å². The lowest BCUT2D eigenvalue weighted by atomic mass is 10.0. The molecule has 0 spiro atoms. The van der Waals surface area contributed by atoms with E-state index in [2.05, 4.69) is 129 Å². The summed E-state index contributed by atoms with van der Waals surface area (Å²) < 4.78 is 1.99. The second kappa shape index (κ2) is 11.5. The summed E-state index contributed by atoms with van der Waals surface area (Å²) in [5, 5.41) is 13.1. The number of nitrogens with zero attached hydrogens (tertiary/aromatic N) is 7. The first-order valence-electron chi connectivity index (χ1n) is 12.7. The third-order valence-electron chi connectivity index (χ3n) is 7.01. The minimum Gasteiger partial charge on any atom is -0.378 e. The van der Waals surface area contributed by atoms with Gasteiger partial charge in [0.15, 0.2) is 5.82 Å². The van der Waals surface area contributed by atoms with Crippen LogP contribution in [0.1, 0.15) is 28.6 Å². The molecule has 7 heteroatoms. The van der Waals surface area contributed by atoms with E-state index in [0.717, 1.165) is 51.5 Å². The molecule has 0 amide bonds. The van der Waals surface area contributed by atoms with E-state index in [1.807, 2.05) is 4.68 Å². The third-order valence-corrected chi connectivity index (χ3v) is 7.01. The third kappa shape index (κ3) is 5.80. The Morgan fingerprint density at radius 1 is 0.778 bits per heavy atom. The summed E-state index contributed by atoms with van der Waals surface area (Å²) in [5.74, 6) is 0.917. The molecule has 7 nitrogen and oxygen atoms in total. The summed E-state index contributed by atoms with van der Waals surface area (Å²) >= 11 is 0. The van der Waals surface area contributed by atoms with Crippen LogP contribution in [-0.4, -0.2) is 70.3 Å². The number of piperazine rings is 1. The van der Waals surface area contributed by atoms with Crippen LogP contribution >= 0.6 is 0 Å². The first-order valence-corrected chi connectivity index (χ1v) is 12.7. The van der Waals surface area contributed by atoms with Crippen molar-refractivity contribution in [1.82, 2.24) is 30.0 Å². The number of rotatable bonds is 9.